The summed E-state index contributed by atoms with van der Waals surface area (Å²) in [6, 6.07) is 4.03. The number of piperidine rings is 1. The Bertz CT molecular complexity index is 556. The SMILES string of the molecule is Cc1ccc(CC(C)NS(=O)(=O)N2CCCC(CN)C2)s1. The molecular formula is C14H25N3O2S2. The predicted molar refractivity (Wildman–Crippen MR) is 87.6 cm³/mol. The molecule has 1 saturated heterocycles. The lowest BCUT2D eigenvalue weighted by Gasteiger charge is -2.32. The van der Waals surface area contributed by atoms with Gasteiger partial charge in [-0.25, -0.2) is 0 Å². The lowest BCUT2D eigenvalue weighted by Crippen LogP contribution is -2.49. The molecule has 2 atom stereocenters. The van der Waals surface area contributed by atoms with Gasteiger partial charge in [0.15, 0.2) is 0 Å². The first-order chi connectivity index (χ1) is 9.90. The first-order valence-electron chi connectivity index (χ1n) is 7.43. The van der Waals surface area contributed by atoms with Crippen molar-refractivity contribution in [2.75, 3.05) is 19.6 Å². The van der Waals surface area contributed by atoms with Crippen LogP contribution in [0.4, 0.5) is 0 Å². The molecule has 0 aromatic carbocycles. The van der Waals surface area contributed by atoms with Gasteiger partial charge in [0, 0.05) is 28.9 Å². The van der Waals surface area contributed by atoms with E-state index in [0.29, 0.717) is 19.6 Å². The number of hydrogen-bond donors (Lipinski definition) is 2. The van der Waals surface area contributed by atoms with Gasteiger partial charge in [-0.1, -0.05) is 0 Å². The van der Waals surface area contributed by atoms with Crippen LogP contribution in [0.2, 0.25) is 0 Å². The zero-order chi connectivity index (χ0) is 15.5. The summed E-state index contributed by atoms with van der Waals surface area (Å²) < 4.78 is 29.2. The lowest BCUT2D eigenvalue weighted by atomic mass is 10.0. The second-order valence-corrected chi connectivity index (χ2v) is 8.92. The Morgan fingerprint density at radius 3 is 2.90 bits per heavy atom. The Morgan fingerprint density at radius 2 is 2.29 bits per heavy atom. The summed E-state index contributed by atoms with van der Waals surface area (Å²) in [5.41, 5.74) is 5.67. The topological polar surface area (TPSA) is 75.4 Å². The van der Waals surface area contributed by atoms with Crippen molar-refractivity contribution in [1.29, 1.82) is 0 Å². The van der Waals surface area contributed by atoms with Gasteiger partial charge in [0.25, 0.3) is 10.2 Å². The molecule has 0 amide bonds. The van der Waals surface area contributed by atoms with Crippen LogP contribution in [0.5, 0.6) is 0 Å². The summed E-state index contributed by atoms with van der Waals surface area (Å²) >= 11 is 1.72. The van der Waals surface area contributed by atoms with Crippen LogP contribution in [0, 0.1) is 12.8 Å². The fraction of sp³-hybridized carbons (Fsp3) is 0.714. The van der Waals surface area contributed by atoms with Crippen LogP contribution >= 0.6 is 11.3 Å². The van der Waals surface area contributed by atoms with Crippen LogP contribution in [-0.2, 0) is 16.6 Å². The largest absolute Gasteiger partial charge is 0.330 e. The molecule has 1 aliphatic heterocycles. The van der Waals surface area contributed by atoms with Gasteiger partial charge in [0.05, 0.1) is 0 Å². The average Bonchev–Trinajstić information content (AvgIpc) is 2.83. The Kier molecular flexibility index (Phi) is 5.79. The normalized spacial score (nSPS) is 22.3. The van der Waals surface area contributed by atoms with Crippen molar-refractivity contribution in [1.82, 2.24) is 9.03 Å². The molecule has 1 fully saturated rings. The molecule has 0 aliphatic carbocycles. The van der Waals surface area contributed by atoms with Crippen molar-refractivity contribution in [2.24, 2.45) is 11.7 Å². The van der Waals surface area contributed by atoms with Crippen LogP contribution in [0.3, 0.4) is 0 Å². The summed E-state index contributed by atoms with van der Waals surface area (Å²) in [5, 5.41) is 0. The third kappa shape index (κ3) is 4.75. The van der Waals surface area contributed by atoms with Crippen molar-refractivity contribution in [3.63, 3.8) is 0 Å². The molecule has 120 valence electrons. The van der Waals surface area contributed by atoms with Gasteiger partial charge < -0.3 is 5.73 Å². The van der Waals surface area contributed by atoms with E-state index in [2.05, 4.69) is 23.8 Å². The highest BCUT2D eigenvalue weighted by atomic mass is 32.2. The van der Waals surface area contributed by atoms with Crippen molar-refractivity contribution < 1.29 is 8.42 Å². The maximum atomic E-state index is 12.4. The summed E-state index contributed by atoms with van der Waals surface area (Å²) in [6.45, 7) is 5.66. The Morgan fingerprint density at radius 1 is 1.52 bits per heavy atom. The number of rotatable bonds is 6. The van der Waals surface area contributed by atoms with E-state index in [0.717, 1.165) is 19.3 Å². The molecule has 1 aliphatic rings. The number of nitrogens with two attached hydrogens (primary N) is 1. The highest BCUT2D eigenvalue weighted by Gasteiger charge is 2.29. The quantitative estimate of drug-likeness (QED) is 0.829. The number of nitrogens with zero attached hydrogens (tertiary/aromatic N) is 1. The molecule has 1 aromatic rings. The van der Waals surface area contributed by atoms with Gasteiger partial charge in [-0.3, -0.25) is 0 Å². The van der Waals surface area contributed by atoms with E-state index >= 15 is 0 Å². The number of hydrogen-bond acceptors (Lipinski definition) is 4. The molecule has 21 heavy (non-hydrogen) atoms. The molecule has 2 rings (SSSR count). The zero-order valence-corrected chi connectivity index (χ0v) is 14.3. The van der Waals surface area contributed by atoms with E-state index in [1.807, 2.05) is 6.92 Å². The molecule has 2 unspecified atom stereocenters. The van der Waals surface area contributed by atoms with Gasteiger partial charge in [-0.05, 0) is 57.7 Å². The number of thiophene rings is 1. The summed E-state index contributed by atoms with van der Waals surface area (Å²) in [5.74, 6) is 0.283. The van der Waals surface area contributed by atoms with Crippen LogP contribution in [0.1, 0.15) is 29.5 Å². The highest BCUT2D eigenvalue weighted by molar-refractivity contribution is 7.87. The van der Waals surface area contributed by atoms with E-state index < -0.39 is 10.2 Å². The highest BCUT2D eigenvalue weighted by Crippen LogP contribution is 2.19. The van der Waals surface area contributed by atoms with E-state index in [1.165, 1.54) is 9.75 Å². The number of nitrogens with one attached hydrogen (secondary N) is 1. The monoisotopic (exact) mass is 331 g/mol. The molecular weight excluding hydrogens is 306 g/mol. The molecule has 3 N–H and O–H groups in total. The first kappa shape index (κ1) is 16.9. The van der Waals surface area contributed by atoms with E-state index in [1.54, 1.807) is 15.6 Å². The molecule has 0 spiro atoms. The minimum absolute atomic E-state index is 0.105. The second kappa shape index (κ2) is 7.19. The summed E-state index contributed by atoms with van der Waals surface area (Å²) in [7, 11) is -3.41. The van der Waals surface area contributed by atoms with Gasteiger partial charge >= 0.3 is 0 Å². The molecule has 0 bridgehead atoms. The maximum Gasteiger partial charge on any atom is 0.279 e. The van der Waals surface area contributed by atoms with Crippen molar-refractivity contribution in [3.8, 4) is 0 Å². The second-order valence-electron chi connectivity index (χ2n) is 5.84. The standard InChI is InChI=1S/C14H25N3O2S2/c1-11(8-14-6-5-12(2)20-14)16-21(18,19)17-7-3-4-13(9-15)10-17/h5-6,11,13,16H,3-4,7-10,15H2,1-2H3. The smallest absolute Gasteiger partial charge is 0.279 e. The average molecular weight is 332 g/mol. The van der Waals surface area contributed by atoms with Crippen molar-refractivity contribution in [3.05, 3.63) is 21.9 Å². The fourth-order valence-electron chi connectivity index (χ4n) is 2.70. The fourth-order valence-corrected chi connectivity index (χ4v) is 5.24. The first-order valence-corrected chi connectivity index (χ1v) is 9.69. The number of aryl methyl sites for hydroxylation is 1. The Balaban J connectivity index is 1.93. The van der Waals surface area contributed by atoms with Crippen LogP contribution in [0.15, 0.2) is 12.1 Å². The molecule has 0 radical (unpaired) electrons. The molecule has 7 heteroatoms. The van der Waals surface area contributed by atoms with Gasteiger partial charge in [0.1, 0.15) is 0 Å². The third-order valence-corrected chi connectivity index (χ3v) is 6.54. The predicted octanol–water partition coefficient (Wildman–Crippen LogP) is 1.49. The van der Waals surface area contributed by atoms with Crippen molar-refractivity contribution in [2.45, 2.75) is 39.2 Å². The van der Waals surface area contributed by atoms with E-state index in [4.69, 9.17) is 5.73 Å². The summed E-state index contributed by atoms with van der Waals surface area (Å²) in [4.78, 5) is 2.46. The van der Waals surface area contributed by atoms with Crippen molar-refractivity contribution >= 4 is 21.5 Å². The lowest BCUT2D eigenvalue weighted by molar-refractivity contribution is 0.267. The van der Waals surface area contributed by atoms with Crippen LogP contribution < -0.4 is 10.5 Å². The molecule has 2 heterocycles. The maximum absolute atomic E-state index is 12.4. The van der Waals surface area contributed by atoms with E-state index in [9.17, 15) is 8.42 Å². The zero-order valence-electron chi connectivity index (χ0n) is 12.7. The molecule has 5 nitrogen and oxygen atoms in total. The third-order valence-electron chi connectivity index (χ3n) is 3.81. The van der Waals surface area contributed by atoms with Gasteiger partial charge in [-0.15, -0.1) is 11.3 Å². The molecule has 0 saturated carbocycles. The molecule has 1 aromatic heterocycles. The van der Waals surface area contributed by atoms with E-state index in [-0.39, 0.29) is 12.0 Å². The Labute approximate surface area is 131 Å². The van der Waals surface area contributed by atoms with Gasteiger partial charge in [-0.2, -0.15) is 17.4 Å². The minimum Gasteiger partial charge on any atom is -0.330 e. The van der Waals surface area contributed by atoms with Crippen LogP contribution in [-0.4, -0.2) is 38.4 Å². The minimum atomic E-state index is -3.41. The van der Waals surface area contributed by atoms with Crippen LogP contribution in [0.25, 0.3) is 0 Å². The Hall–Kier alpha value is -0.470. The van der Waals surface area contributed by atoms with Gasteiger partial charge in [0.2, 0.25) is 0 Å². The summed E-state index contributed by atoms with van der Waals surface area (Å²) in [6.07, 6.45) is 2.64.